The highest BCUT2D eigenvalue weighted by atomic mass is 14.9. The van der Waals surface area contributed by atoms with Crippen molar-refractivity contribution in [1.29, 1.82) is 0 Å². The summed E-state index contributed by atoms with van der Waals surface area (Å²) in [6.45, 7) is 10.6. The molecule has 2 heteroatoms. The Labute approximate surface area is 60.3 Å². The van der Waals surface area contributed by atoms with Crippen molar-refractivity contribution in [2.75, 3.05) is 0 Å². The third-order valence-corrected chi connectivity index (χ3v) is 1.45. The van der Waals surface area contributed by atoms with Gasteiger partial charge in [-0.1, -0.05) is 12.6 Å². The second-order valence-electron chi connectivity index (χ2n) is 2.18. The van der Waals surface area contributed by atoms with Gasteiger partial charge in [0.2, 0.25) is 0 Å². The van der Waals surface area contributed by atoms with Crippen molar-refractivity contribution < 1.29 is 0 Å². The molecule has 50 valence electrons. The molecular formula is C8H8N2. The van der Waals surface area contributed by atoms with Crippen molar-refractivity contribution in [2.24, 2.45) is 0 Å². The summed E-state index contributed by atoms with van der Waals surface area (Å²) in [4.78, 5) is 7.25. The Morgan fingerprint density at radius 2 is 2.10 bits per heavy atom. The summed E-state index contributed by atoms with van der Waals surface area (Å²) >= 11 is 0. The van der Waals surface area contributed by atoms with Crippen LogP contribution in [-0.4, -0.2) is 4.98 Å². The number of nitrogens with zero attached hydrogens (tertiary/aromatic N) is 2. The molecule has 0 unspecified atom stereocenters. The first-order chi connectivity index (χ1) is 4.74. The van der Waals surface area contributed by atoms with E-state index in [1.54, 1.807) is 6.07 Å². The van der Waals surface area contributed by atoms with Gasteiger partial charge < -0.3 is 4.85 Å². The zero-order valence-corrected chi connectivity index (χ0v) is 6.05. The minimum atomic E-state index is 0.475. The van der Waals surface area contributed by atoms with E-state index >= 15 is 0 Å². The quantitative estimate of drug-likeness (QED) is 0.495. The van der Waals surface area contributed by atoms with Gasteiger partial charge in [-0.05, 0) is 18.6 Å². The monoisotopic (exact) mass is 132 g/mol. The third-order valence-electron chi connectivity index (χ3n) is 1.45. The Hall–Kier alpha value is -1.36. The molecule has 1 heterocycles. The maximum atomic E-state index is 6.67. The van der Waals surface area contributed by atoms with Gasteiger partial charge in [-0.2, -0.15) is 0 Å². The number of hydrogen-bond donors (Lipinski definition) is 0. The highest BCUT2D eigenvalue weighted by molar-refractivity contribution is 5.38. The van der Waals surface area contributed by atoms with Crippen molar-refractivity contribution in [3.63, 3.8) is 0 Å². The smallest absolute Gasteiger partial charge is 0.269 e. The van der Waals surface area contributed by atoms with Crippen molar-refractivity contribution in [3.8, 4) is 0 Å². The number of aryl methyl sites for hydroxylation is 2. The molecule has 0 radical (unpaired) electrons. The van der Waals surface area contributed by atoms with E-state index in [-0.39, 0.29) is 0 Å². The minimum Gasteiger partial charge on any atom is -0.361 e. The van der Waals surface area contributed by atoms with E-state index < -0.39 is 0 Å². The molecule has 0 aliphatic carbocycles. The average Bonchev–Trinajstić information content (AvgIpc) is 1.95. The summed E-state index contributed by atoms with van der Waals surface area (Å²) in [7, 11) is 0. The fourth-order valence-electron chi connectivity index (χ4n) is 0.680. The minimum absolute atomic E-state index is 0.475. The van der Waals surface area contributed by atoms with Crippen LogP contribution in [-0.2, 0) is 0 Å². The van der Waals surface area contributed by atoms with Gasteiger partial charge in [-0.15, -0.1) is 4.98 Å². The van der Waals surface area contributed by atoms with Crippen LogP contribution in [0.25, 0.3) is 4.85 Å². The van der Waals surface area contributed by atoms with E-state index in [2.05, 4.69) is 9.83 Å². The zero-order valence-electron chi connectivity index (χ0n) is 6.05. The second-order valence-corrected chi connectivity index (χ2v) is 2.18. The van der Waals surface area contributed by atoms with Crippen molar-refractivity contribution in [1.82, 2.24) is 4.98 Å². The third kappa shape index (κ3) is 1.14. The number of rotatable bonds is 0. The number of hydrogen-bond acceptors (Lipinski definition) is 1. The first kappa shape index (κ1) is 6.76. The predicted octanol–water partition coefficient (Wildman–Crippen LogP) is 2.25. The van der Waals surface area contributed by atoms with Gasteiger partial charge in [-0.25, -0.2) is 0 Å². The maximum Gasteiger partial charge on any atom is 0.269 e. The Balaban J connectivity index is 3.20. The molecule has 0 aliphatic rings. The Kier molecular flexibility index (Phi) is 1.68. The average molecular weight is 132 g/mol. The van der Waals surface area contributed by atoms with Gasteiger partial charge in [-0.3, -0.25) is 0 Å². The number of aromatic nitrogens is 1. The lowest BCUT2D eigenvalue weighted by Crippen LogP contribution is -1.83. The molecule has 10 heavy (non-hydrogen) atoms. The lowest BCUT2D eigenvalue weighted by atomic mass is 10.2. The van der Waals surface area contributed by atoms with E-state index in [1.165, 1.54) is 0 Å². The molecule has 2 nitrogen and oxygen atoms in total. The summed E-state index contributed by atoms with van der Waals surface area (Å²) < 4.78 is 0. The Morgan fingerprint density at radius 3 is 2.60 bits per heavy atom. The van der Waals surface area contributed by atoms with Crippen LogP contribution in [0.2, 0.25) is 0 Å². The van der Waals surface area contributed by atoms with Gasteiger partial charge in [0.05, 0.1) is 0 Å². The second kappa shape index (κ2) is 2.49. The molecule has 0 fully saturated rings. The Morgan fingerprint density at radius 1 is 1.40 bits per heavy atom. The highest BCUT2D eigenvalue weighted by Gasteiger charge is 1.97. The van der Waals surface area contributed by atoms with Gasteiger partial charge in [0.25, 0.3) is 5.82 Å². The van der Waals surface area contributed by atoms with Gasteiger partial charge in [0.1, 0.15) is 5.69 Å². The van der Waals surface area contributed by atoms with Crippen molar-refractivity contribution >= 4 is 5.82 Å². The maximum absolute atomic E-state index is 6.67. The van der Waals surface area contributed by atoms with Crippen LogP contribution in [0.1, 0.15) is 11.3 Å². The van der Waals surface area contributed by atoms with Crippen LogP contribution in [0.5, 0.6) is 0 Å². The van der Waals surface area contributed by atoms with Crippen LogP contribution >= 0.6 is 0 Å². The molecular weight excluding hydrogens is 124 g/mol. The number of pyridine rings is 1. The summed E-state index contributed by atoms with van der Waals surface area (Å²) in [6, 6.07) is 3.64. The molecule has 0 aromatic carbocycles. The lowest BCUT2D eigenvalue weighted by molar-refractivity contribution is 1.17. The standard InChI is InChI=1S/C8H8N2/c1-6-4-5-8(9-3)10-7(6)2/h4-5H,1-2H3. The van der Waals surface area contributed by atoms with E-state index in [0.29, 0.717) is 5.82 Å². The molecule has 0 saturated carbocycles. The molecule has 1 aromatic rings. The fourth-order valence-corrected chi connectivity index (χ4v) is 0.680. The molecule has 0 N–H and O–H groups in total. The van der Waals surface area contributed by atoms with Crippen LogP contribution in [0, 0.1) is 20.4 Å². The fraction of sp³-hybridized carbons (Fsp3) is 0.250. The topological polar surface area (TPSA) is 17.2 Å². The van der Waals surface area contributed by atoms with Gasteiger partial charge in [0.15, 0.2) is 0 Å². The van der Waals surface area contributed by atoms with E-state index in [9.17, 15) is 0 Å². The largest absolute Gasteiger partial charge is 0.361 e. The van der Waals surface area contributed by atoms with Gasteiger partial charge in [0, 0.05) is 6.92 Å². The molecule has 0 aliphatic heterocycles. The highest BCUT2D eigenvalue weighted by Crippen LogP contribution is 2.10. The molecule has 1 aromatic heterocycles. The molecule has 0 bridgehead atoms. The van der Waals surface area contributed by atoms with Crippen LogP contribution in [0.4, 0.5) is 5.82 Å². The summed E-state index contributed by atoms with van der Waals surface area (Å²) in [5.41, 5.74) is 2.07. The molecule has 0 atom stereocenters. The van der Waals surface area contributed by atoms with Crippen molar-refractivity contribution in [3.05, 3.63) is 34.8 Å². The lowest BCUT2D eigenvalue weighted by Gasteiger charge is -1.92. The summed E-state index contributed by atoms with van der Waals surface area (Å²) in [6.07, 6.45) is 0. The van der Waals surface area contributed by atoms with E-state index in [4.69, 9.17) is 6.57 Å². The first-order valence-corrected chi connectivity index (χ1v) is 3.06. The van der Waals surface area contributed by atoms with Crippen LogP contribution in [0.15, 0.2) is 12.1 Å². The van der Waals surface area contributed by atoms with Crippen LogP contribution in [0.3, 0.4) is 0 Å². The molecule has 0 saturated heterocycles. The molecule has 0 spiro atoms. The summed E-state index contributed by atoms with van der Waals surface area (Å²) in [5, 5.41) is 0. The SMILES string of the molecule is [C-]#[N+]c1ccc(C)c(C)n1. The Bertz CT molecular complexity index is 284. The van der Waals surface area contributed by atoms with Crippen LogP contribution < -0.4 is 0 Å². The van der Waals surface area contributed by atoms with Crippen molar-refractivity contribution in [2.45, 2.75) is 13.8 Å². The normalized spacial score (nSPS) is 8.90. The zero-order chi connectivity index (χ0) is 7.56. The first-order valence-electron chi connectivity index (χ1n) is 3.06. The predicted molar refractivity (Wildman–Crippen MR) is 40.0 cm³/mol. The van der Waals surface area contributed by atoms with E-state index in [1.807, 2.05) is 19.9 Å². The molecule has 0 amide bonds. The summed E-state index contributed by atoms with van der Waals surface area (Å²) in [5.74, 6) is 0.475. The van der Waals surface area contributed by atoms with Gasteiger partial charge >= 0.3 is 0 Å². The molecule has 1 rings (SSSR count). The van der Waals surface area contributed by atoms with E-state index in [0.717, 1.165) is 11.3 Å².